The molecule has 160 valence electrons. The molecule has 2 fully saturated rings. The molecular formula is C23H23FN4O3. The molecular weight excluding hydrogens is 399 g/mol. The van der Waals surface area contributed by atoms with Crippen LogP contribution in [0.15, 0.2) is 47.7 Å². The number of nitrogens with two attached hydrogens (primary N) is 1. The van der Waals surface area contributed by atoms with Crippen LogP contribution in [-0.4, -0.2) is 40.3 Å². The van der Waals surface area contributed by atoms with Crippen LogP contribution in [0.5, 0.6) is 0 Å². The fourth-order valence-corrected chi connectivity index (χ4v) is 4.68. The van der Waals surface area contributed by atoms with Crippen LogP contribution in [-0.2, 0) is 5.41 Å². The third-order valence-corrected chi connectivity index (χ3v) is 6.63. The monoisotopic (exact) mass is 422 g/mol. The highest BCUT2D eigenvalue weighted by Gasteiger charge is 2.40. The normalized spacial score (nSPS) is 21.0. The number of anilines is 1. The smallest absolute Gasteiger partial charge is 0.341 e. The Morgan fingerprint density at radius 2 is 2.16 bits per heavy atom. The van der Waals surface area contributed by atoms with Crippen molar-refractivity contribution >= 4 is 22.6 Å². The number of hydrogen-bond acceptors (Lipinski definition) is 5. The minimum Gasteiger partial charge on any atom is -0.477 e. The third-order valence-electron chi connectivity index (χ3n) is 6.63. The van der Waals surface area contributed by atoms with Gasteiger partial charge >= 0.3 is 5.97 Å². The van der Waals surface area contributed by atoms with Crippen molar-refractivity contribution in [2.24, 2.45) is 5.73 Å². The van der Waals surface area contributed by atoms with Gasteiger partial charge in [0.15, 0.2) is 0 Å². The van der Waals surface area contributed by atoms with E-state index in [2.05, 4.69) is 4.98 Å². The molecule has 1 aliphatic carbocycles. The predicted octanol–water partition coefficient (Wildman–Crippen LogP) is 2.68. The summed E-state index contributed by atoms with van der Waals surface area (Å²) in [5, 5.41) is 9.51. The molecule has 0 spiro atoms. The molecule has 2 aliphatic rings. The van der Waals surface area contributed by atoms with Crippen LogP contribution < -0.4 is 16.1 Å². The van der Waals surface area contributed by atoms with Crippen LogP contribution in [0.3, 0.4) is 0 Å². The zero-order valence-electron chi connectivity index (χ0n) is 16.9. The quantitative estimate of drug-likeness (QED) is 0.656. The third kappa shape index (κ3) is 3.18. The largest absolute Gasteiger partial charge is 0.477 e. The number of carboxylic acids is 1. The molecule has 1 aliphatic heterocycles. The molecule has 7 nitrogen and oxygen atoms in total. The molecule has 0 amide bonds. The van der Waals surface area contributed by atoms with Crippen molar-refractivity contribution in [1.82, 2.24) is 9.55 Å². The number of carbonyl (C=O) groups is 1. The number of rotatable bonds is 5. The highest BCUT2D eigenvalue weighted by Crippen LogP contribution is 2.40. The van der Waals surface area contributed by atoms with Crippen LogP contribution in [0, 0.1) is 5.82 Å². The van der Waals surface area contributed by atoms with Gasteiger partial charge in [-0.1, -0.05) is 6.07 Å². The van der Waals surface area contributed by atoms with Crippen molar-refractivity contribution in [3.63, 3.8) is 0 Å². The Bertz CT molecular complexity index is 1240. The van der Waals surface area contributed by atoms with E-state index >= 15 is 4.39 Å². The molecule has 0 radical (unpaired) electrons. The minimum absolute atomic E-state index is 0.101. The average molecular weight is 422 g/mol. The van der Waals surface area contributed by atoms with E-state index in [0.717, 1.165) is 24.8 Å². The van der Waals surface area contributed by atoms with Crippen LogP contribution in [0.2, 0.25) is 0 Å². The molecule has 1 unspecified atom stereocenters. The van der Waals surface area contributed by atoms with Crippen LogP contribution >= 0.6 is 0 Å². The first-order chi connectivity index (χ1) is 14.9. The minimum atomic E-state index is -1.30. The Labute approximate surface area is 177 Å². The summed E-state index contributed by atoms with van der Waals surface area (Å²) in [5.41, 5.74) is 6.86. The van der Waals surface area contributed by atoms with Crippen LogP contribution in [0.4, 0.5) is 10.1 Å². The lowest BCUT2D eigenvalue weighted by atomic mass is 9.80. The topological polar surface area (TPSA) is 101 Å². The van der Waals surface area contributed by atoms with E-state index in [9.17, 15) is 14.7 Å². The number of halogens is 1. The SMILES string of the molecule is NCC1(c2cccnc2)CCN(c2cc3c(cc2F)c(=O)c(C(=O)O)cn3C2CC2)C1. The van der Waals surface area contributed by atoms with Gasteiger partial charge < -0.3 is 20.3 Å². The summed E-state index contributed by atoms with van der Waals surface area (Å²) in [6.07, 6.45) is 7.50. The summed E-state index contributed by atoms with van der Waals surface area (Å²) in [6, 6.07) is 6.88. The van der Waals surface area contributed by atoms with Gasteiger partial charge in [0, 0.05) is 55.1 Å². The Balaban J connectivity index is 1.61. The number of aromatic nitrogens is 2. The van der Waals surface area contributed by atoms with Crippen molar-refractivity contribution in [3.8, 4) is 0 Å². The zero-order valence-corrected chi connectivity index (χ0v) is 16.9. The van der Waals surface area contributed by atoms with Gasteiger partial charge in [0.05, 0.1) is 11.2 Å². The molecule has 0 bridgehead atoms. The van der Waals surface area contributed by atoms with Gasteiger partial charge in [-0.3, -0.25) is 9.78 Å². The molecule has 3 heterocycles. The summed E-state index contributed by atoms with van der Waals surface area (Å²) >= 11 is 0. The fraction of sp³-hybridized carbons (Fsp3) is 0.348. The Kier molecular flexibility index (Phi) is 4.55. The van der Waals surface area contributed by atoms with E-state index in [0.29, 0.717) is 30.8 Å². The lowest BCUT2D eigenvalue weighted by Gasteiger charge is -2.29. The Morgan fingerprint density at radius 1 is 1.35 bits per heavy atom. The number of aromatic carboxylic acids is 1. The van der Waals surface area contributed by atoms with Crippen molar-refractivity contribution in [2.45, 2.75) is 30.7 Å². The summed E-state index contributed by atoms with van der Waals surface area (Å²) in [4.78, 5) is 30.4. The first-order valence-electron chi connectivity index (χ1n) is 10.4. The summed E-state index contributed by atoms with van der Waals surface area (Å²) in [7, 11) is 0. The highest BCUT2D eigenvalue weighted by molar-refractivity contribution is 5.93. The molecule has 1 atom stereocenters. The second-order valence-electron chi connectivity index (χ2n) is 8.53. The standard InChI is InChI=1S/C23H23FN4O3/c24-18-8-16-19(28(15-3-4-15)11-17(21(16)29)22(30)31)9-20(18)27-7-5-23(12-25,13-27)14-2-1-6-26-10-14/h1-2,6,8-11,15H,3-5,7,12-13,25H2,(H,30,31). The van der Waals surface area contributed by atoms with E-state index in [1.165, 1.54) is 12.3 Å². The molecule has 3 N–H and O–H groups in total. The van der Waals surface area contributed by atoms with Crippen LogP contribution in [0.1, 0.15) is 41.2 Å². The van der Waals surface area contributed by atoms with E-state index in [1.54, 1.807) is 12.3 Å². The second-order valence-corrected chi connectivity index (χ2v) is 8.53. The van der Waals surface area contributed by atoms with Gasteiger partial charge in [0.1, 0.15) is 11.4 Å². The maximum absolute atomic E-state index is 15.2. The molecule has 1 aromatic carbocycles. The predicted molar refractivity (Wildman–Crippen MR) is 115 cm³/mol. The fourth-order valence-electron chi connectivity index (χ4n) is 4.68. The lowest BCUT2D eigenvalue weighted by molar-refractivity contribution is 0.0695. The van der Waals surface area contributed by atoms with Gasteiger partial charge in [-0.25, -0.2) is 9.18 Å². The van der Waals surface area contributed by atoms with Gasteiger partial charge in [-0.2, -0.15) is 0 Å². The summed E-state index contributed by atoms with van der Waals surface area (Å²) < 4.78 is 17.0. The molecule has 1 saturated carbocycles. The Hall–Kier alpha value is -3.26. The molecule has 3 aromatic rings. The Morgan fingerprint density at radius 3 is 2.81 bits per heavy atom. The average Bonchev–Trinajstić information content (AvgIpc) is 3.52. The number of benzene rings is 1. The van der Waals surface area contributed by atoms with Gasteiger partial charge in [-0.05, 0) is 43.0 Å². The van der Waals surface area contributed by atoms with E-state index in [4.69, 9.17) is 5.73 Å². The second kappa shape index (κ2) is 7.16. The van der Waals surface area contributed by atoms with E-state index in [-0.39, 0.29) is 22.4 Å². The van der Waals surface area contributed by atoms with E-state index < -0.39 is 17.2 Å². The van der Waals surface area contributed by atoms with Crippen molar-refractivity contribution < 1.29 is 14.3 Å². The maximum Gasteiger partial charge on any atom is 0.341 e. The van der Waals surface area contributed by atoms with Crippen LogP contribution in [0.25, 0.3) is 10.9 Å². The maximum atomic E-state index is 15.2. The van der Waals surface area contributed by atoms with Gasteiger partial charge in [-0.15, -0.1) is 0 Å². The zero-order chi connectivity index (χ0) is 21.8. The van der Waals surface area contributed by atoms with Gasteiger partial charge in [0.25, 0.3) is 0 Å². The summed E-state index contributed by atoms with van der Waals surface area (Å²) in [5.74, 6) is -1.83. The van der Waals surface area contributed by atoms with Crippen molar-refractivity contribution in [3.05, 3.63) is 70.0 Å². The molecule has 31 heavy (non-hydrogen) atoms. The lowest BCUT2D eigenvalue weighted by Crippen LogP contribution is -2.38. The number of carboxylic acid groups (broad SMARTS) is 1. The van der Waals surface area contributed by atoms with Crippen molar-refractivity contribution in [2.75, 3.05) is 24.5 Å². The number of nitrogens with zero attached hydrogens (tertiary/aromatic N) is 3. The molecule has 8 heteroatoms. The number of hydrogen-bond donors (Lipinski definition) is 2. The summed E-state index contributed by atoms with van der Waals surface area (Å²) in [6.45, 7) is 1.58. The number of pyridine rings is 2. The van der Waals surface area contributed by atoms with Gasteiger partial charge in [0.2, 0.25) is 5.43 Å². The van der Waals surface area contributed by atoms with Crippen molar-refractivity contribution in [1.29, 1.82) is 0 Å². The molecule has 2 aromatic heterocycles. The first-order valence-corrected chi connectivity index (χ1v) is 10.4. The first kappa shape index (κ1) is 19.7. The highest BCUT2D eigenvalue weighted by atomic mass is 19.1. The van der Waals surface area contributed by atoms with E-state index in [1.807, 2.05) is 27.8 Å². The molecule has 5 rings (SSSR count). The molecule has 1 saturated heterocycles. The number of fused-ring (bicyclic) bond motifs is 1.